The van der Waals surface area contributed by atoms with Crippen LogP contribution in [-0.4, -0.2) is 69.0 Å². The number of carboxylic acid groups (broad SMARTS) is 2. The molecule has 0 bridgehead atoms. The first-order valence-electron chi connectivity index (χ1n) is 9.23. The summed E-state index contributed by atoms with van der Waals surface area (Å²) in [6.07, 6.45) is 0.583. The first-order valence-corrected chi connectivity index (χ1v) is 9.23. The molecule has 0 aliphatic carbocycles. The largest absolute Gasteiger partial charge is 0.478 e. The molecule has 0 aromatic heterocycles. The second-order valence-corrected chi connectivity index (χ2v) is 7.42. The van der Waals surface area contributed by atoms with E-state index < -0.39 is 49.2 Å². The van der Waals surface area contributed by atoms with Gasteiger partial charge in [0.05, 0.1) is 37.6 Å². The van der Waals surface area contributed by atoms with E-state index in [0.29, 0.717) is 12.8 Å². The highest BCUT2D eigenvalue weighted by Crippen LogP contribution is 2.35. The summed E-state index contributed by atoms with van der Waals surface area (Å²) < 4.78 is 0. The van der Waals surface area contributed by atoms with Crippen molar-refractivity contribution in [3.63, 3.8) is 0 Å². The van der Waals surface area contributed by atoms with E-state index in [1.54, 1.807) is 13.8 Å². The monoisotopic (exact) mass is 398 g/mol. The lowest BCUT2D eigenvalue weighted by atomic mass is 9.73. The Labute approximate surface area is 164 Å². The van der Waals surface area contributed by atoms with Gasteiger partial charge in [-0.25, -0.2) is 9.59 Å². The molecule has 0 radical (unpaired) electrons. The van der Waals surface area contributed by atoms with Gasteiger partial charge in [-0.05, 0) is 48.9 Å². The molecule has 0 saturated carbocycles. The molecule has 158 valence electrons. The Morgan fingerprint density at radius 2 is 1.00 bits per heavy atom. The van der Waals surface area contributed by atoms with Crippen molar-refractivity contribution < 1.29 is 40.2 Å². The zero-order chi connectivity index (χ0) is 21.5. The second-order valence-electron chi connectivity index (χ2n) is 7.42. The van der Waals surface area contributed by atoms with E-state index in [2.05, 4.69) is 0 Å². The Morgan fingerprint density at radius 3 is 1.18 bits per heavy atom. The standard InChI is InChI=1S/C20H30O8/c1-3-19(9-21,10-22)7-15-13(17(25)26)5-6-14(18(27)28)16(15)8-20(4-2,11-23)12-24/h5-6,21-24H,3-4,7-12H2,1-2H3,(H,25,26)(H,27,28). The Balaban J connectivity index is 3.79. The summed E-state index contributed by atoms with van der Waals surface area (Å²) in [5.74, 6) is -2.52. The van der Waals surface area contributed by atoms with Gasteiger partial charge in [0.1, 0.15) is 0 Å². The van der Waals surface area contributed by atoms with Crippen LogP contribution in [0.5, 0.6) is 0 Å². The number of aliphatic hydroxyl groups excluding tert-OH is 4. The van der Waals surface area contributed by atoms with Gasteiger partial charge in [-0.1, -0.05) is 13.8 Å². The van der Waals surface area contributed by atoms with Gasteiger partial charge >= 0.3 is 11.9 Å². The quantitative estimate of drug-likeness (QED) is 0.304. The second kappa shape index (κ2) is 9.97. The van der Waals surface area contributed by atoms with Crippen LogP contribution in [0.2, 0.25) is 0 Å². The van der Waals surface area contributed by atoms with Gasteiger partial charge in [-0.15, -0.1) is 0 Å². The molecule has 0 amide bonds. The van der Waals surface area contributed by atoms with Gasteiger partial charge in [-0.3, -0.25) is 0 Å². The summed E-state index contributed by atoms with van der Waals surface area (Å²) in [6.45, 7) is 1.85. The molecule has 0 saturated heterocycles. The van der Waals surface area contributed by atoms with E-state index in [9.17, 15) is 40.2 Å². The molecule has 0 aliphatic heterocycles. The average Bonchev–Trinajstić information content (AvgIpc) is 2.70. The van der Waals surface area contributed by atoms with E-state index in [1.807, 2.05) is 0 Å². The van der Waals surface area contributed by atoms with Crippen LogP contribution in [0.4, 0.5) is 0 Å². The van der Waals surface area contributed by atoms with E-state index in [1.165, 1.54) is 12.1 Å². The first-order chi connectivity index (χ1) is 13.2. The summed E-state index contributed by atoms with van der Waals surface area (Å²) >= 11 is 0. The molecule has 1 rings (SSSR count). The third kappa shape index (κ3) is 4.88. The number of benzene rings is 1. The van der Waals surface area contributed by atoms with Crippen molar-refractivity contribution in [2.24, 2.45) is 10.8 Å². The zero-order valence-electron chi connectivity index (χ0n) is 16.3. The van der Waals surface area contributed by atoms with E-state index >= 15 is 0 Å². The maximum Gasteiger partial charge on any atom is 0.335 e. The third-order valence-electron chi connectivity index (χ3n) is 5.84. The van der Waals surface area contributed by atoms with Crippen LogP contribution < -0.4 is 0 Å². The molecular formula is C20H30O8. The third-order valence-corrected chi connectivity index (χ3v) is 5.84. The normalized spacial score (nSPS) is 12.2. The van der Waals surface area contributed by atoms with Crippen LogP contribution >= 0.6 is 0 Å². The van der Waals surface area contributed by atoms with Crippen molar-refractivity contribution in [3.8, 4) is 0 Å². The van der Waals surface area contributed by atoms with E-state index in [4.69, 9.17) is 0 Å². The number of aliphatic hydroxyl groups is 4. The summed E-state index contributed by atoms with van der Waals surface area (Å²) in [5.41, 5.74) is -1.91. The van der Waals surface area contributed by atoms with Gasteiger partial charge in [0, 0.05) is 10.8 Å². The Morgan fingerprint density at radius 1 is 0.714 bits per heavy atom. The van der Waals surface area contributed by atoms with Crippen LogP contribution in [0.25, 0.3) is 0 Å². The molecule has 0 aliphatic rings. The minimum Gasteiger partial charge on any atom is -0.478 e. The molecule has 0 spiro atoms. The topological polar surface area (TPSA) is 156 Å². The molecule has 8 heteroatoms. The number of hydrogen-bond acceptors (Lipinski definition) is 6. The fourth-order valence-electron chi connectivity index (χ4n) is 3.27. The van der Waals surface area contributed by atoms with Crippen molar-refractivity contribution >= 4 is 11.9 Å². The van der Waals surface area contributed by atoms with Crippen molar-refractivity contribution in [2.45, 2.75) is 39.5 Å². The van der Waals surface area contributed by atoms with E-state index in [-0.39, 0.29) is 35.1 Å². The number of rotatable bonds is 12. The lowest BCUT2D eigenvalue weighted by molar-refractivity contribution is 0.0455. The Hall–Kier alpha value is -2.00. The minimum atomic E-state index is -1.26. The van der Waals surface area contributed by atoms with Crippen LogP contribution in [0.1, 0.15) is 58.5 Å². The van der Waals surface area contributed by atoms with Gasteiger partial charge in [0.15, 0.2) is 0 Å². The Bertz CT molecular complexity index is 614. The van der Waals surface area contributed by atoms with Gasteiger partial charge in [0.2, 0.25) is 0 Å². The van der Waals surface area contributed by atoms with Crippen LogP contribution in [0.3, 0.4) is 0 Å². The summed E-state index contributed by atoms with van der Waals surface area (Å²) in [6, 6.07) is 2.40. The average molecular weight is 398 g/mol. The van der Waals surface area contributed by atoms with Crippen molar-refractivity contribution in [2.75, 3.05) is 26.4 Å². The molecule has 0 atom stereocenters. The minimum absolute atomic E-state index is 0.0504. The van der Waals surface area contributed by atoms with Crippen LogP contribution in [0, 0.1) is 10.8 Å². The van der Waals surface area contributed by atoms with E-state index in [0.717, 1.165) is 0 Å². The van der Waals surface area contributed by atoms with Crippen molar-refractivity contribution in [1.29, 1.82) is 0 Å². The maximum atomic E-state index is 11.8. The summed E-state index contributed by atoms with van der Waals surface area (Å²) in [5, 5.41) is 58.5. The highest BCUT2D eigenvalue weighted by Gasteiger charge is 2.35. The molecule has 0 heterocycles. The molecule has 28 heavy (non-hydrogen) atoms. The van der Waals surface area contributed by atoms with Crippen molar-refractivity contribution in [3.05, 3.63) is 34.4 Å². The molecule has 0 unspecified atom stereocenters. The zero-order valence-corrected chi connectivity index (χ0v) is 16.3. The van der Waals surface area contributed by atoms with Crippen LogP contribution in [0.15, 0.2) is 12.1 Å². The summed E-state index contributed by atoms with van der Waals surface area (Å²) in [7, 11) is 0. The Kier molecular flexibility index (Phi) is 8.56. The number of aromatic carboxylic acids is 2. The predicted molar refractivity (Wildman–Crippen MR) is 102 cm³/mol. The highest BCUT2D eigenvalue weighted by molar-refractivity contribution is 5.95. The molecule has 6 N–H and O–H groups in total. The van der Waals surface area contributed by atoms with Crippen LogP contribution in [-0.2, 0) is 12.8 Å². The lowest BCUT2D eigenvalue weighted by Gasteiger charge is -2.33. The highest BCUT2D eigenvalue weighted by atomic mass is 16.4. The maximum absolute atomic E-state index is 11.8. The molecule has 0 fully saturated rings. The number of carboxylic acids is 2. The van der Waals surface area contributed by atoms with Gasteiger partial charge in [0.25, 0.3) is 0 Å². The first kappa shape index (κ1) is 24.0. The smallest absolute Gasteiger partial charge is 0.335 e. The SMILES string of the molecule is CCC(CO)(CO)Cc1c(C(=O)O)ccc(C(=O)O)c1CC(CC)(CO)CO. The van der Waals surface area contributed by atoms with Gasteiger partial charge in [-0.2, -0.15) is 0 Å². The number of carbonyl (C=O) groups is 2. The summed E-state index contributed by atoms with van der Waals surface area (Å²) in [4.78, 5) is 23.6. The molecule has 1 aromatic rings. The fourth-order valence-corrected chi connectivity index (χ4v) is 3.27. The molecular weight excluding hydrogens is 368 g/mol. The lowest BCUT2D eigenvalue weighted by Crippen LogP contribution is -2.35. The number of hydrogen-bond donors (Lipinski definition) is 6. The van der Waals surface area contributed by atoms with Gasteiger partial charge < -0.3 is 30.6 Å². The molecule has 1 aromatic carbocycles. The van der Waals surface area contributed by atoms with Crippen molar-refractivity contribution in [1.82, 2.24) is 0 Å². The predicted octanol–water partition coefficient (Wildman–Crippen LogP) is 0.930. The molecule has 8 nitrogen and oxygen atoms in total. The fraction of sp³-hybridized carbons (Fsp3) is 0.600.